The molecular weight excluding hydrogens is 251 g/mol. The summed E-state index contributed by atoms with van der Waals surface area (Å²) in [5.74, 6) is -0.261. The fourth-order valence-corrected chi connectivity index (χ4v) is 1.83. The standard InChI is InChI=1S/C7H14F3NO4S/c8-7(9,10)6-15-4-2-11-16(13,14)5-1-3-12/h11-12H,1-6H2. The Morgan fingerprint density at radius 1 is 1.31 bits per heavy atom. The molecule has 0 saturated carbocycles. The molecule has 0 spiro atoms. The van der Waals surface area contributed by atoms with Gasteiger partial charge in [-0.1, -0.05) is 0 Å². The molecular formula is C7H14F3NO4S. The molecule has 0 heterocycles. The molecule has 0 bridgehead atoms. The number of halogens is 3. The summed E-state index contributed by atoms with van der Waals surface area (Å²) in [7, 11) is -3.53. The molecule has 0 aromatic heterocycles. The van der Waals surface area contributed by atoms with Crippen LogP contribution in [-0.4, -0.2) is 51.8 Å². The summed E-state index contributed by atoms with van der Waals surface area (Å²) < 4.78 is 63.1. The van der Waals surface area contributed by atoms with Crippen molar-refractivity contribution in [3.05, 3.63) is 0 Å². The summed E-state index contributed by atoms with van der Waals surface area (Å²) in [5.41, 5.74) is 0. The number of alkyl halides is 3. The Hall–Kier alpha value is -0.380. The largest absolute Gasteiger partial charge is 0.411 e. The predicted molar refractivity (Wildman–Crippen MR) is 50.4 cm³/mol. The molecule has 0 fully saturated rings. The summed E-state index contributed by atoms with van der Waals surface area (Å²) in [5, 5.41) is 8.39. The minimum atomic E-state index is -4.41. The first-order chi connectivity index (χ1) is 7.27. The Bertz CT molecular complexity index is 278. The van der Waals surface area contributed by atoms with Gasteiger partial charge in [0.15, 0.2) is 0 Å². The van der Waals surface area contributed by atoms with Gasteiger partial charge in [-0.3, -0.25) is 0 Å². The second-order valence-electron chi connectivity index (χ2n) is 2.96. The van der Waals surface area contributed by atoms with Crippen molar-refractivity contribution >= 4 is 10.0 Å². The number of aliphatic hydroxyl groups is 1. The van der Waals surface area contributed by atoms with Crippen molar-refractivity contribution in [2.75, 3.05) is 32.1 Å². The van der Waals surface area contributed by atoms with Crippen LogP contribution < -0.4 is 4.72 Å². The number of rotatable bonds is 8. The first kappa shape index (κ1) is 15.6. The molecule has 5 nitrogen and oxygen atoms in total. The van der Waals surface area contributed by atoms with Crippen LogP contribution in [-0.2, 0) is 14.8 Å². The van der Waals surface area contributed by atoms with Gasteiger partial charge in [-0.25, -0.2) is 13.1 Å². The van der Waals surface area contributed by atoms with Crippen molar-refractivity contribution in [2.24, 2.45) is 0 Å². The van der Waals surface area contributed by atoms with Crippen molar-refractivity contribution in [1.29, 1.82) is 0 Å². The number of hydrogen-bond donors (Lipinski definition) is 2. The lowest BCUT2D eigenvalue weighted by Crippen LogP contribution is -2.31. The van der Waals surface area contributed by atoms with E-state index in [2.05, 4.69) is 4.74 Å². The fraction of sp³-hybridized carbons (Fsp3) is 1.00. The van der Waals surface area contributed by atoms with Crippen LogP contribution in [0.15, 0.2) is 0 Å². The average molecular weight is 265 g/mol. The molecule has 16 heavy (non-hydrogen) atoms. The molecule has 0 rings (SSSR count). The summed E-state index contributed by atoms with van der Waals surface area (Å²) >= 11 is 0. The Labute approximate surface area is 91.6 Å². The molecule has 0 atom stereocenters. The summed E-state index contributed by atoms with van der Waals surface area (Å²) in [6, 6.07) is 0. The number of aliphatic hydroxyl groups excluding tert-OH is 1. The van der Waals surface area contributed by atoms with E-state index < -0.39 is 22.8 Å². The Kier molecular flexibility index (Phi) is 6.88. The number of nitrogens with one attached hydrogen (secondary N) is 1. The monoisotopic (exact) mass is 265 g/mol. The van der Waals surface area contributed by atoms with E-state index in [1.807, 2.05) is 4.72 Å². The van der Waals surface area contributed by atoms with Crippen LogP contribution in [0.2, 0.25) is 0 Å². The molecule has 0 unspecified atom stereocenters. The molecule has 0 aromatic rings. The molecule has 0 aromatic carbocycles. The van der Waals surface area contributed by atoms with Gasteiger partial charge in [0.1, 0.15) is 6.61 Å². The summed E-state index contributed by atoms with van der Waals surface area (Å²) in [6.07, 6.45) is -4.32. The van der Waals surface area contributed by atoms with Gasteiger partial charge < -0.3 is 9.84 Å². The van der Waals surface area contributed by atoms with E-state index in [1.54, 1.807) is 0 Å². The van der Waals surface area contributed by atoms with E-state index in [4.69, 9.17) is 5.11 Å². The second-order valence-corrected chi connectivity index (χ2v) is 4.88. The number of sulfonamides is 1. The first-order valence-electron chi connectivity index (χ1n) is 4.49. The zero-order valence-corrected chi connectivity index (χ0v) is 9.27. The van der Waals surface area contributed by atoms with Gasteiger partial charge in [0.05, 0.1) is 12.4 Å². The highest BCUT2D eigenvalue weighted by molar-refractivity contribution is 7.89. The SMILES string of the molecule is O=S(=O)(CCCO)NCCOCC(F)(F)F. The topological polar surface area (TPSA) is 75.6 Å². The van der Waals surface area contributed by atoms with Crippen LogP contribution >= 0.6 is 0 Å². The van der Waals surface area contributed by atoms with Gasteiger partial charge in [0.2, 0.25) is 10.0 Å². The second kappa shape index (κ2) is 7.05. The maximum atomic E-state index is 11.6. The minimum absolute atomic E-state index is 0.0821. The van der Waals surface area contributed by atoms with Crippen LogP contribution in [0.3, 0.4) is 0 Å². The van der Waals surface area contributed by atoms with Crippen molar-refractivity contribution in [3.63, 3.8) is 0 Å². The van der Waals surface area contributed by atoms with Crippen LogP contribution in [0.5, 0.6) is 0 Å². The quantitative estimate of drug-likeness (QED) is 0.599. The molecule has 9 heteroatoms. The van der Waals surface area contributed by atoms with Crippen LogP contribution in [0.25, 0.3) is 0 Å². The van der Waals surface area contributed by atoms with E-state index in [0.717, 1.165) is 0 Å². The molecule has 0 aliphatic carbocycles. The smallest absolute Gasteiger partial charge is 0.396 e. The third-order valence-electron chi connectivity index (χ3n) is 1.41. The highest BCUT2D eigenvalue weighted by Gasteiger charge is 2.27. The molecule has 0 aliphatic heterocycles. The van der Waals surface area contributed by atoms with Crippen molar-refractivity contribution in [3.8, 4) is 0 Å². The third kappa shape index (κ3) is 10.1. The lowest BCUT2D eigenvalue weighted by Gasteiger charge is -2.08. The molecule has 0 amide bonds. The zero-order valence-electron chi connectivity index (χ0n) is 8.46. The molecule has 0 saturated heterocycles. The Balaban J connectivity index is 3.58. The van der Waals surface area contributed by atoms with Crippen LogP contribution in [0.1, 0.15) is 6.42 Å². The van der Waals surface area contributed by atoms with E-state index in [1.165, 1.54) is 0 Å². The van der Waals surface area contributed by atoms with E-state index in [9.17, 15) is 21.6 Å². The normalized spacial score (nSPS) is 13.0. The third-order valence-corrected chi connectivity index (χ3v) is 2.88. The lowest BCUT2D eigenvalue weighted by molar-refractivity contribution is -0.173. The maximum absolute atomic E-state index is 11.6. The fourth-order valence-electron chi connectivity index (χ4n) is 0.784. The summed E-state index contributed by atoms with van der Waals surface area (Å²) in [4.78, 5) is 0. The molecule has 0 aliphatic rings. The van der Waals surface area contributed by atoms with Crippen molar-refractivity contribution in [1.82, 2.24) is 4.72 Å². The van der Waals surface area contributed by atoms with E-state index >= 15 is 0 Å². The first-order valence-corrected chi connectivity index (χ1v) is 6.15. The summed E-state index contributed by atoms with van der Waals surface area (Å²) in [6.45, 7) is -2.22. The van der Waals surface area contributed by atoms with E-state index in [0.29, 0.717) is 0 Å². The van der Waals surface area contributed by atoms with Crippen LogP contribution in [0.4, 0.5) is 13.2 Å². The van der Waals surface area contributed by atoms with Gasteiger partial charge in [0, 0.05) is 13.2 Å². The molecule has 98 valence electrons. The van der Waals surface area contributed by atoms with Gasteiger partial charge in [-0.2, -0.15) is 13.2 Å². The van der Waals surface area contributed by atoms with Crippen LogP contribution in [0, 0.1) is 0 Å². The van der Waals surface area contributed by atoms with Crippen molar-refractivity contribution in [2.45, 2.75) is 12.6 Å². The number of ether oxygens (including phenoxy) is 1. The number of hydrogen-bond acceptors (Lipinski definition) is 4. The Morgan fingerprint density at radius 3 is 2.44 bits per heavy atom. The highest BCUT2D eigenvalue weighted by Crippen LogP contribution is 2.13. The predicted octanol–water partition coefficient (Wildman–Crippen LogP) is -0.133. The maximum Gasteiger partial charge on any atom is 0.411 e. The minimum Gasteiger partial charge on any atom is -0.396 e. The molecule has 2 N–H and O–H groups in total. The lowest BCUT2D eigenvalue weighted by atomic mass is 10.5. The van der Waals surface area contributed by atoms with E-state index in [-0.39, 0.29) is 31.9 Å². The van der Waals surface area contributed by atoms with Crippen molar-refractivity contribution < 1.29 is 31.4 Å². The van der Waals surface area contributed by atoms with Gasteiger partial charge >= 0.3 is 6.18 Å². The average Bonchev–Trinajstić information content (AvgIpc) is 2.12. The Morgan fingerprint density at radius 2 is 1.94 bits per heavy atom. The van der Waals surface area contributed by atoms with Gasteiger partial charge in [-0.15, -0.1) is 0 Å². The van der Waals surface area contributed by atoms with Gasteiger partial charge in [-0.05, 0) is 6.42 Å². The highest BCUT2D eigenvalue weighted by atomic mass is 32.2. The molecule has 0 radical (unpaired) electrons. The zero-order chi connectivity index (χ0) is 12.7. The van der Waals surface area contributed by atoms with Gasteiger partial charge in [0.25, 0.3) is 0 Å².